The predicted octanol–water partition coefficient (Wildman–Crippen LogP) is 2.76. The van der Waals surface area contributed by atoms with Gasteiger partial charge in [-0.15, -0.1) is 12.4 Å². The molecular formula is C17H23ClN2O5S. The van der Waals surface area contributed by atoms with Gasteiger partial charge in [-0.2, -0.15) is 0 Å². The Bertz CT molecular complexity index is 675. The first-order chi connectivity index (χ1) is 11.9. The average Bonchev–Trinajstić information content (AvgIpc) is 2.86. The number of amides is 2. The number of carbonyl (C=O) groups excluding carboxylic acids is 3. The molecule has 26 heavy (non-hydrogen) atoms. The van der Waals surface area contributed by atoms with Crippen LogP contribution in [-0.4, -0.2) is 37.2 Å². The van der Waals surface area contributed by atoms with Gasteiger partial charge in [0, 0.05) is 5.56 Å². The van der Waals surface area contributed by atoms with Crippen LogP contribution in [0.15, 0.2) is 23.1 Å². The van der Waals surface area contributed by atoms with Gasteiger partial charge in [0.1, 0.15) is 17.3 Å². The first-order valence-electron chi connectivity index (χ1n) is 7.60. The molecule has 1 fully saturated rings. The van der Waals surface area contributed by atoms with Gasteiger partial charge in [-0.3, -0.25) is 14.9 Å². The minimum Gasteiger partial charge on any atom is -0.497 e. The molecular weight excluding hydrogens is 380 g/mol. The van der Waals surface area contributed by atoms with E-state index in [9.17, 15) is 14.4 Å². The number of rotatable bonds is 6. The minimum atomic E-state index is -0.402. The number of ketones is 1. The van der Waals surface area contributed by atoms with Gasteiger partial charge in [0.05, 0.1) is 18.6 Å². The third-order valence-corrected chi connectivity index (χ3v) is 3.56. The predicted molar refractivity (Wildman–Crippen MR) is 105 cm³/mol. The maximum Gasteiger partial charge on any atom is 0.290 e. The Kier molecular flexibility index (Phi) is 11.4. The number of methoxy groups -OCH3 is 1. The van der Waals surface area contributed by atoms with Crippen LogP contribution in [0, 0.1) is 0 Å². The number of benzene rings is 1. The maximum atomic E-state index is 11.6. The second kappa shape index (κ2) is 12.3. The van der Waals surface area contributed by atoms with Gasteiger partial charge >= 0.3 is 0 Å². The lowest BCUT2D eigenvalue weighted by atomic mass is 10.1. The highest BCUT2D eigenvalue weighted by Gasteiger charge is 2.25. The van der Waals surface area contributed by atoms with E-state index in [0.29, 0.717) is 35.1 Å². The summed E-state index contributed by atoms with van der Waals surface area (Å²) in [7, 11) is 1.56. The monoisotopic (exact) mass is 402 g/mol. The number of hydrogen-bond acceptors (Lipinski definition) is 7. The zero-order chi connectivity index (χ0) is 18.8. The van der Waals surface area contributed by atoms with E-state index in [1.807, 2.05) is 0 Å². The van der Waals surface area contributed by atoms with Crippen LogP contribution in [0.25, 0.3) is 6.08 Å². The normalized spacial score (nSPS) is 14.1. The van der Waals surface area contributed by atoms with Crippen molar-refractivity contribution >= 4 is 47.2 Å². The average molecular weight is 403 g/mol. The lowest BCUT2D eigenvalue weighted by Crippen LogP contribution is -2.17. The number of nitrogens with one attached hydrogen (secondary N) is 1. The first kappa shape index (κ1) is 24.0. The second-order valence-corrected chi connectivity index (χ2v) is 6.17. The highest BCUT2D eigenvalue weighted by molar-refractivity contribution is 8.18. The summed E-state index contributed by atoms with van der Waals surface area (Å²) in [5.41, 5.74) is 6.12. The van der Waals surface area contributed by atoms with E-state index in [4.69, 9.17) is 15.2 Å². The molecule has 0 atom stereocenters. The van der Waals surface area contributed by atoms with Gasteiger partial charge in [-0.05, 0) is 62.9 Å². The van der Waals surface area contributed by atoms with Crippen LogP contribution >= 0.6 is 24.2 Å². The van der Waals surface area contributed by atoms with Crippen LogP contribution in [0.2, 0.25) is 0 Å². The Morgan fingerprint density at radius 2 is 1.96 bits per heavy atom. The van der Waals surface area contributed by atoms with E-state index in [-0.39, 0.29) is 23.4 Å². The van der Waals surface area contributed by atoms with Gasteiger partial charge < -0.3 is 20.0 Å². The molecule has 0 aromatic heterocycles. The first-order valence-corrected chi connectivity index (χ1v) is 8.42. The molecule has 1 saturated heterocycles. The number of nitrogens with two attached hydrogens (primary N) is 1. The van der Waals surface area contributed by atoms with Crippen LogP contribution < -0.4 is 20.5 Å². The Hall–Kier alpha value is -2.03. The van der Waals surface area contributed by atoms with Gasteiger partial charge in [-0.25, -0.2) is 0 Å². The van der Waals surface area contributed by atoms with Crippen LogP contribution in [0.4, 0.5) is 4.79 Å². The summed E-state index contributed by atoms with van der Waals surface area (Å²) in [4.78, 5) is 32.6. The summed E-state index contributed by atoms with van der Waals surface area (Å²) < 4.78 is 10.8. The lowest BCUT2D eigenvalue weighted by Gasteiger charge is -2.10. The standard InChI is InChI=1S/C14H16N2O4S.C3H6O.ClH/c1-19-10-3-4-11(20-6-2-5-15)9(7-10)8-12-13(17)16-14(18)21-12;1-3(2)4;/h3-4,7-8H,2,5-6,15H2,1H3,(H,16,17,18);1-2H3;1H. The highest BCUT2D eigenvalue weighted by atomic mass is 35.5. The number of halogens is 1. The molecule has 0 unspecified atom stereocenters. The zero-order valence-corrected chi connectivity index (χ0v) is 16.5. The molecule has 0 aliphatic carbocycles. The number of thioether (sulfide) groups is 1. The van der Waals surface area contributed by atoms with E-state index in [1.54, 1.807) is 31.4 Å². The van der Waals surface area contributed by atoms with Crippen molar-refractivity contribution in [2.24, 2.45) is 5.73 Å². The zero-order valence-electron chi connectivity index (χ0n) is 14.9. The molecule has 3 N–H and O–H groups in total. The fourth-order valence-corrected chi connectivity index (χ4v) is 2.40. The van der Waals surface area contributed by atoms with Crippen molar-refractivity contribution in [1.82, 2.24) is 5.32 Å². The SMILES string of the molecule is CC(C)=O.COc1ccc(OCCCN)c(C=C2SC(=O)NC2=O)c1.Cl. The van der Waals surface area contributed by atoms with Crippen molar-refractivity contribution in [3.05, 3.63) is 28.7 Å². The molecule has 0 radical (unpaired) electrons. The van der Waals surface area contributed by atoms with Crippen LogP contribution in [0.3, 0.4) is 0 Å². The summed E-state index contributed by atoms with van der Waals surface area (Å²) in [5, 5.41) is 1.84. The Labute approximate surface area is 163 Å². The number of carbonyl (C=O) groups is 3. The quantitative estimate of drug-likeness (QED) is 0.556. The number of Topliss-reactive ketones (excluding diaryl/α,β-unsaturated/α-hetero) is 1. The molecule has 1 heterocycles. The Morgan fingerprint density at radius 3 is 2.46 bits per heavy atom. The molecule has 9 heteroatoms. The molecule has 0 spiro atoms. The molecule has 0 saturated carbocycles. The van der Waals surface area contributed by atoms with Gasteiger partial charge in [0.15, 0.2) is 0 Å². The van der Waals surface area contributed by atoms with Crippen molar-refractivity contribution in [3.8, 4) is 11.5 Å². The summed E-state index contributed by atoms with van der Waals surface area (Å²) in [5.74, 6) is 1.02. The van der Waals surface area contributed by atoms with E-state index in [1.165, 1.54) is 13.8 Å². The molecule has 7 nitrogen and oxygen atoms in total. The number of hydrogen-bond donors (Lipinski definition) is 2. The van der Waals surface area contributed by atoms with E-state index >= 15 is 0 Å². The van der Waals surface area contributed by atoms with Crippen LogP contribution in [-0.2, 0) is 9.59 Å². The molecule has 1 aromatic rings. The van der Waals surface area contributed by atoms with Crippen LogP contribution in [0.1, 0.15) is 25.8 Å². The maximum absolute atomic E-state index is 11.6. The fourth-order valence-electron chi connectivity index (χ4n) is 1.73. The van der Waals surface area contributed by atoms with E-state index in [0.717, 1.165) is 18.2 Å². The largest absolute Gasteiger partial charge is 0.497 e. The Balaban J connectivity index is 0.00000113. The number of imide groups is 1. The minimum absolute atomic E-state index is 0. The number of ether oxygens (including phenoxy) is 2. The molecule has 1 aromatic carbocycles. The van der Waals surface area contributed by atoms with Gasteiger partial charge in [0.2, 0.25) is 0 Å². The van der Waals surface area contributed by atoms with E-state index < -0.39 is 5.91 Å². The highest BCUT2D eigenvalue weighted by Crippen LogP contribution is 2.31. The summed E-state index contributed by atoms with van der Waals surface area (Å²) in [6.07, 6.45) is 2.35. The smallest absolute Gasteiger partial charge is 0.290 e. The lowest BCUT2D eigenvalue weighted by molar-refractivity contribution is -0.116. The van der Waals surface area contributed by atoms with Crippen molar-refractivity contribution < 1.29 is 23.9 Å². The summed E-state index contributed by atoms with van der Waals surface area (Å²) >= 11 is 0.864. The van der Waals surface area contributed by atoms with Gasteiger partial charge in [-0.1, -0.05) is 0 Å². The molecule has 2 amide bonds. The van der Waals surface area contributed by atoms with Crippen molar-refractivity contribution in [2.75, 3.05) is 20.3 Å². The molecule has 0 bridgehead atoms. The third-order valence-electron chi connectivity index (χ3n) is 2.75. The summed E-state index contributed by atoms with van der Waals surface area (Å²) in [6.45, 7) is 4.08. The van der Waals surface area contributed by atoms with Crippen molar-refractivity contribution in [3.63, 3.8) is 0 Å². The molecule has 144 valence electrons. The Morgan fingerprint density at radius 1 is 1.31 bits per heavy atom. The fraction of sp³-hybridized carbons (Fsp3) is 0.353. The van der Waals surface area contributed by atoms with Gasteiger partial charge in [0.25, 0.3) is 11.1 Å². The van der Waals surface area contributed by atoms with Crippen molar-refractivity contribution in [2.45, 2.75) is 20.3 Å². The molecule has 2 rings (SSSR count). The van der Waals surface area contributed by atoms with Crippen LogP contribution in [0.5, 0.6) is 11.5 Å². The third kappa shape index (κ3) is 8.37. The van der Waals surface area contributed by atoms with Crippen molar-refractivity contribution in [1.29, 1.82) is 0 Å². The topological polar surface area (TPSA) is 108 Å². The van der Waals surface area contributed by atoms with E-state index in [2.05, 4.69) is 5.32 Å². The second-order valence-electron chi connectivity index (χ2n) is 5.15. The molecule has 1 aliphatic heterocycles. The molecule has 1 aliphatic rings. The summed E-state index contributed by atoms with van der Waals surface area (Å²) in [6, 6.07) is 5.29.